The SMILES string of the molecule is CCCCCCCCOC(=O)c1cc(C(=O)OCCCCCCCC)cc(C(=O)OCCCCCCCC)c1. The number of carbonyl (C=O) groups is 3. The molecule has 0 atom stereocenters. The van der Waals surface area contributed by atoms with Crippen molar-refractivity contribution >= 4 is 17.9 Å². The maximum atomic E-state index is 12.8. The van der Waals surface area contributed by atoms with Gasteiger partial charge in [0.1, 0.15) is 0 Å². The van der Waals surface area contributed by atoms with E-state index >= 15 is 0 Å². The molecule has 6 nitrogen and oxygen atoms in total. The van der Waals surface area contributed by atoms with Crippen molar-refractivity contribution in [1.82, 2.24) is 0 Å². The lowest BCUT2D eigenvalue weighted by molar-refractivity contribution is 0.0494. The highest BCUT2D eigenvalue weighted by atomic mass is 16.5. The van der Waals surface area contributed by atoms with Gasteiger partial charge in [-0.05, 0) is 37.5 Å². The Morgan fingerprint density at radius 1 is 0.410 bits per heavy atom. The Morgan fingerprint density at radius 2 is 0.641 bits per heavy atom. The molecular weight excluding hydrogens is 492 g/mol. The van der Waals surface area contributed by atoms with Crippen molar-refractivity contribution < 1.29 is 28.6 Å². The smallest absolute Gasteiger partial charge is 0.338 e. The molecule has 0 saturated heterocycles. The number of esters is 3. The molecule has 0 N–H and O–H groups in total. The lowest BCUT2D eigenvalue weighted by Crippen LogP contribution is -2.14. The second kappa shape index (κ2) is 23.5. The third kappa shape index (κ3) is 17.0. The first kappa shape index (κ1) is 34.7. The summed E-state index contributed by atoms with van der Waals surface area (Å²) in [6, 6.07) is 4.37. The highest BCUT2D eigenvalue weighted by Gasteiger charge is 2.19. The van der Waals surface area contributed by atoms with Crippen molar-refractivity contribution in [1.29, 1.82) is 0 Å². The van der Waals surface area contributed by atoms with Crippen molar-refractivity contribution in [3.8, 4) is 0 Å². The zero-order chi connectivity index (χ0) is 28.6. The van der Waals surface area contributed by atoms with Gasteiger partial charge in [-0.1, -0.05) is 117 Å². The van der Waals surface area contributed by atoms with Crippen LogP contribution in [-0.4, -0.2) is 37.7 Å². The average Bonchev–Trinajstić information content (AvgIpc) is 2.95. The van der Waals surface area contributed by atoms with Crippen molar-refractivity contribution in [2.75, 3.05) is 19.8 Å². The lowest BCUT2D eigenvalue weighted by Gasteiger charge is -2.11. The standard InChI is InChI=1S/C33H54O6/c1-4-7-10-13-16-19-22-37-31(34)28-25-29(32(35)38-23-20-17-14-11-8-5-2)27-30(26-28)33(36)39-24-21-18-15-12-9-6-3/h25-27H,4-24H2,1-3H3. The third-order valence-electron chi connectivity index (χ3n) is 6.83. The number of hydrogen-bond donors (Lipinski definition) is 0. The van der Waals surface area contributed by atoms with Gasteiger partial charge in [0.2, 0.25) is 0 Å². The van der Waals surface area contributed by atoms with Gasteiger partial charge in [-0.15, -0.1) is 0 Å². The average molecular weight is 547 g/mol. The van der Waals surface area contributed by atoms with Crippen LogP contribution in [0.3, 0.4) is 0 Å². The van der Waals surface area contributed by atoms with E-state index in [-0.39, 0.29) is 16.7 Å². The van der Waals surface area contributed by atoms with Crippen molar-refractivity contribution in [3.63, 3.8) is 0 Å². The summed E-state index contributed by atoms with van der Waals surface area (Å²) in [5, 5.41) is 0. The number of benzene rings is 1. The number of carbonyl (C=O) groups excluding carboxylic acids is 3. The molecule has 0 saturated carbocycles. The number of unbranched alkanes of at least 4 members (excludes halogenated alkanes) is 15. The second-order valence-corrected chi connectivity index (χ2v) is 10.5. The van der Waals surface area contributed by atoms with Gasteiger partial charge in [-0.25, -0.2) is 14.4 Å². The Balaban J connectivity index is 2.72. The van der Waals surface area contributed by atoms with Crippen LogP contribution in [-0.2, 0) is 14.2 Å². The van der Waals surface area contributed by atoms with Gasteiger partial charge in [0, 0.05) is 0 Å². The van der Waals surface area contributed by atoms with Crippen LogP contribution in [0.1, 0.15) is 167 Å². The normalized spacial score (nSPS) is 10.8. The highest BCUT2D eigenvalue weighted by Crippen LogP contribution is 2.16. The van der Waals surface area contributed by atoms with Crippen LogP contribution in [0, 0.1) is 0 Å². The topological polar surface area (TPSA) is 78.9 Å². The summed E-state index contributed by atoms with van der Waals surface area (Å²) in [7, 11) is 0. The number of hydrogen-bond acceptors (Lipinski definition) is 6. The van der Waals surface area contributed by atoms with Crippen LogP contribution in [0.4, 0.5) is 0 Å². The van der Waals surface area contributed by atoms with Crippen LogP contribution >= 0.6 is 0 Å². The van der Waals surface area contributed by atoms with E-state index in [1.165, 1.54) is 76.0 Å². The molecular formula is C33H54O6. The first-order valence-electron chi connectivity index (χ1n) is 15.7. The maximum Gasteiger partial charge on any atom is 0.338 e. The molecule has 0 aromatic heterocycles. The van der Waals surface area contributed by atoms with Crippen molar-refractivity contribution in [3.05, 3.63) is 34.9 Å². The predicted molar refractivity (Wildman–Crippen MR) is 157 cm³/mol. The molecule has 39 heavy (non-hydrogen) atoms. The first-order valence-corrected chi connectivity index (χ1v) is 15.7. The maximum absolute atomic E-state index is 12.8. The molecule has 1 rings (SSSR count). The van der Waals surface area contributed by atoms with E-state index in [4.69, 9.17) is 14.2 Å². The summed E-state index contributed by atoms with van der Waals surface area (Å²) in [4.78, 5) is 38.3. The van der Waals surface area contributed by atoms with E-state index in [0.29, 0.717) is 19.8 Å². The monoisotopic (exact) mass is 546 g/mol. The summed E-state index contributed by atoms with van der Waals surface area (Å²) in [5.41, 5.74) is 0.504. The van der Waals surface area contributed by atoms with E-state index in [1.54, 1.807) is 0 Å². The molecule has 6 heteroatoms. The van der Waals surface area contributed by atoms with Crippen LogP contribution in [0.2, 0.25) is 0 Å². The first-order chi connectivity index (χ1) is 19.0. The van der Waals surface area contributed by atoms with Gasteiger partial charge in [0.05, 0.1) is 36.5 Å². The number of ether oxygens (including phenoxy) is 3. The summed E-state index contributed by atoms with van der Waals surface area (Å²) < 4.78 is 16.4. The van der Waals surface area contributed by atoms with Crippen LogP contribution in [0.25, 0.3) is 0 Å². The number of rotatable bonds is 24. The molecule has 0 unspecified atom stereocenters. The molecule has 222 valence electrons. The Labute approximate surface area is 237 Å². The largest absolute Gasteiger partial charge is 0.462 e. The van der Waals surface area contributed by atoms with E-state index in [0.717, 1.165) is 57.8 Å². The van der Waals surface area contributed by atoms with Crippen LogP contribution < -0.4 is 0 Å². The van der Waals surface area contributed by atoms with E-state index in [9.17, 15) is 14.4 Å². The van der Waals surface area contributed by atoms with Crippen molar-refractivity contribution in [2.24, 2.45) is 0 Å². The Morgan fingerprint density at radius 3 is 0.897 bits per heavy atom. The Kier molecular flexibility index (Phi) is 20.9. The summed E-state index contributed by atoms with van der Waals surface area (Å²) >= 11 is 0. The molecule has 0 aliphatic heterocycles. The molecule has 0 fully saturated rings. The fourth-order valence-corrected chi connectivity index (χ4v) is 4.37. The third-order valence-corrected chi connectivity index (χ3v) is 6.83. The van der Waals surface area contributed by atoms with Gasteiger partial charge < -0.3 is 14.2 Å². The van der Waals surface area contributed by atoms with Crippen molar-refractivity contribution in [2.45, 2.75) is 136 Å². The van der Waals surface area contributed by atoms with E-state index < -0.39 is 17.9 Å². The summed E-state index contributed by atoms with van der Waals surface area (Å²) in [6.45, 7) is 7.48. The summed E-state index contributed by atoms with van der Waals surface area (Å²) in [5.74, 6) is -1.63. The van der Waals surface area contributed by atoms with E-state index in [1.807, 2.05) is 0 Å². The molecule has 1 aromatic carbocycles. The zero-order valence-corrected chi connectivity index (χ0v) is 25.0. The molecule has 0 bridgehead atoms. The van der Waals surface area contributed by atoms with Gasteiger partial charge in [-0.3, -0.25) is 0 Å². The van der Waals surface area contributed by atoms with Gasteiger partial charge in [-0.2, -0.15) is 0 Å². The minimum Gasteiger partial charge on any atom is -0.462 e. The minimum atomic E-state index is -0.542. The lowest BCUT2D eigenvalue weighted by atomic mass is 10.1. The van der Waals surface area contributed by atoms with Crippen LogP contribution in [0.15, 0.2) is 18.2 Å². The highest BCUT2D eigenvalue weighted by molar-refractivity contribution is 6.00. The summed E-state index contributed by atoms with van der Waals surface area (Å²) in [6.07, 6.45) is 19.6. The molecule has 1 aromatic rings. The van der Waals surface area contributed by atoms with Gasteiger partial charge >= 0.3 is 17.9 Å². The van der Waals surface area contributed by atoms with Gasteiger partial charge in [0.25, 0.3) is 0 Å². The van der Waals surface area contributed by atoms with E-state index in [2.05, 4.69) is 20.8 Å². The Hall–Kier alpha value is -2.37. The minimum absolute atomic E-state index is 0.168. The Bertz CT molecular complexity index is 686. The predicted octanol–water partition coefficient (Wildman–Crippen LogP) is 9.24. The molecule has 0 aliphatic carbocycles. The van der Waals surface area contributed by atoms with Crippen LogP contribution in [0.5, 0.6) is 0 Å². The molecule has 0 aliphatic rings. The fourth-order valence-electron chi connectivity index (χ4n) is 4.37. The van der Waals surface area contributed by atoms with Gasteiger partial charge in [0.15, 0.2) is 0 Å². The quantitative estimate of drug-likeness (QED) is 0.0730. The zero-order valence-electron chi connectivity index (χ0n) is 25.0. The molecule has 0 heterocycles. The molecule has 0 spiro atoms. The second-order valence-electron chi connectivity index (χ2n) is 10.5. The molecule has 0 radical (unpaired) electrons. The fraction of sp³-hybridized carbons (Fsp3) is 0.727. The molecule has 0 amide bonds.